The predicted molar refractivity (Wildman–Crippen MR) is 206 cm³/mol. The van der Waals surface area contributed by atoms with Gasteiger partial charge in [0.15, 0.2) is 0 Å². The predicted octanol–water partition coefficient (Wildman–Crippen LogP) is 6.90. The van der Waals surface area contributed by atoms with Gasteiger partial charge < -0.3 is 24.8 Å². The zero-order valence-electron chi connectivity index (χ0n) is 28.4. The summed E-state index contributed by atoms with van der Waals surface area (Å²) < 4.78 is 0. The average Bonchev–Trinajstić information content (AvgIpc) is 3.71. The summed E-state index contributed by atoms with van der Waals surface area (Å²) in [4.78, 5) is 5.62. The van der Waals surface area contributed by atoms with Gasteiger partial charge in [-0.25, -0.2) is 0 Å². The zero-order valence-corrected chi connectivity index (χ0v) is 35.7. The van der Waals surface area contributed by atoms with Crippen molar-refractivity contribution >= 4 is 58.2 Å². The first-order valence-electron chi connectivity index (χ1n) is 15.7. The maximum absolute atomic E-state index is 2.37. The van der Waals surface area contributed by atoms with Crippen LogP contribution in [-0.2, 0) is 26.2 Å². The van der Waals surface area contributed by atoms with E-state index in [9.17, 15) is 0 Å². The van der Waals surface area contributed by atoms with Crippen LogP contribution in [0.15, 0.2) is 139 Å². The molecular weight excluding hydrogens is 771 g/mol. The second-order valence-electron chi connectivity index (χ2n) is 12.3. The molecule has 0 nitrogen and oxygen atoms in total. The van der Waals surface area contributed by atoms with Crippen LogP contribution in [0.4, 0.5) is 0 Å². The minimum absolute atomic E-state index is 0. The van der Waals surface area contributed by atoms with Crippen molar-refractivity contribution in [2.45, 2.75) is 76.4 Å². The van der Waals surface area contributed by atoms with E-state index in [4.69, 9.17) is 0 Å². The minimum atomic E-state index is 0. The third kappa shape index (κ3) is 11.1. The molecule has 7 heteroatoms. The van der Waals surface area contributed by atoms with Crippen LogP contribution in [-0.4, -0.2) is 21.0 Å². The topological polar surface area (TPSA) is 0 Å². The van der Waals surface area contributed by atoms with Crippen LogP contribution in [0.3, 0.4) is 0 Å². The Morgan fingerprint density at radius 1 is 0.383 bits per heavy atom. The Hall–Kier alpha value is -0.777. The molecule has 0 fully saturated rings. The monoisotopic (exact) mass is 812 g/mol. The van der Waals surface area contributed by atoms with Gasteiger partial charge in [0, 0.05) is 40.6 Å². The summed E-state index contributed by atoms with van der Waals surface area (Å²) in [5.41, 5.74) is 11.0. The Balaban J connectivity index is 0.000000307. The third-order valence-electron chi connectivity index (χ3n) is 7.03. The summed E-state index contributed by atoms with van der Waals surface area (Å²) in [6.07, 6.45) is 14.2. The summed E-state index contributed by atoms with van der Waals surface area (Å²) >= 11 is 7.83. The molecule has 246 valence electrons. The fourth-order valence-corrected chi connectivity index (χ4v) is 9.30. The number of benzene rings is 2. The molecule has 2 aromatic carbocycles. The number of allylic oxidation sites excluding steroid dienone is 12. The molecule has 0 bridgehead atoms. The van der Waals surface area contributed by atoms with E-state index >= 15 is 0 Å². The van der Waals surface area contributed by atoms with Crippen LogP contribution in [0.25, 0.3) is 11.1 Å². The summed E-state index contributed by atoms with van der Waals surface area (Å²) in [6.45, 7) is 18.1. The Kier molecular flexibility index (Phi) is 17.7. The van der Waals surface area contributed by atoms with E-state index in [0.717, 1.165) is 0 Å². The zero-order chi connectivity index (χ0) is 31.4. The molecule has 6 rings (SSSR count). The molecule has 2 aromatic rings. The molecule has 0 amide bonds. The molecule has 0 N–H and O–H groups in total. The van der Waals surface area contributed by atoms with Crippen LogP contribution >= 0.6 is 47.0 Å². The number of fused-ring (bicyclic) bond motifs is 2. The number of rotatable bonds is 10. The first kappa shape index (κ1) is 42.4. The van der Waals surface area contributed by atoms with Gasteiger partial charge in [-0.3, -0.25) is 0 Å². The summed E-state index contributed by atoms with van der Waals surface area (Å²) in [5, 5.41) is 2.44. The summed E-state index contributed by atoms with van der Waals surface area (Å²) in [6, 6.07) is 21.5. The molecule has 0 saturated heterocycles. The quantitative estimate of drug-likeness (QED) is 0.256. The molecule has 4 aliphatic carbocycles. The number of halogens is 2. The third-order valence-corrected chi connectivity index (χ3v) is 11.1. The van der Waals surface area contributed by atoms with Crippen molar-refractivity contribution in [1.82, 2.24) is 0 Å². The molecule has 0 atom stereocenters. The van der Waals surface area contributed by atoms with E-state index in [1.54, 1.807) is 0 Å². The van der Waals surface area contributed by atoms with Crippen LogP contribution < -0.4 is 24.8 Å². The van der Waals surface area contributed by atoms with Gasteiger partial charge >= 0.3 is 26.2 Å². The minimum Gasteiger partial charge on any atom is -1.00 e. The number of hydrogen-bond donors (Lipinski definition) is 0. The SMILES string of the molecule is CC(C)SC1=CC2=C(c3ccccc3)C=C(SC(C)C)C2=C1.CC(C)SC1=CC2=C(c3ccccc3)C=C(SC(C)C)C2=C1.[Cl-].[Cl-].[Zr+2]. The maximum Gasteiger partial charge on any atom is 2.00 e. The standard InChI is InChI=1S/2C20H22S2.2ClH.Zr/c2*1-13(2)21-16-10-18-17(15-8-6-5-7-9-15)12-20(19(18)11-16)22-14(3)4;;;/h2*5-14H,1-4H3;2*1H;/q;;;;+2/p-2. The van der Waals surface area contributed by atoms with Gasteiger partial charge in [-0.15, -0.1) is 47.0 Å². The molecule has 0 radical (unpaired) electrons. The Labute approximate surface area is 332 Å². The van der Waals surface area contributed by atoms with Crippen molar-refractivity contribution in [2.75, 3.05) is 0 Å². The van der Waals surface area contributed by atoms with Crippen molar-refractivity contribution in [3.05, 3.63) is 150 Å². The maximum atomic E-state index is 2.37. The smallest absolute Gasteiger partial charge is 1.00 e. The molecule has 0 aliphatic heterocycles. The van der Waals surface area contributed by atoms with Gasteiger partial charge in [0.05, 0.1) is 0 Å². The largest absolute Gasteiger partial charge is 2.00 e. The molecule has 0 spiro atoms. The fourth-order valence-electron chi connectivity index (χ4n) is 5.49. The first-order chi connectivity index (χ1) is 21.1. The van der Waals surface area contributed by atoms with E-state index in [2.05, 4.69) is 153 Å². The normalized spacial score (nSPS) is 16.0. The van der Waals surface area contributed by atoms with Crippen molar-refractivity contribution in [2.24, 2.45) is 0 Å². The van der Waals surface area contributed by atoms with Crippen LogP contribution in [0.2, 0.25) is 0 Å². The van der Waals surface area contributed by atoms with E-state index in [1.807, 2.05) is 47.0 Å². The molecular formula is C40H44Cl2S4Zr. The number of hydrogen-bond acceptors (Lipinski definition) is 4. The van der Waals surface area contributed by atoms with E-state index in [0.29, 0.717) is 21.0 Å². The molecule has 0 saturated carbocycles. The van der Waals surface area contributed by atoms with Crippen LogP contribution in [0, 0.1) is 0 Å². The molecule has 47 heavy (non-hydrogen) atoms. The molecule has 0 aromatic heterocycles. The van der Waals surface area contributed by atoms with Gasteiger partial charge in [-0.1, -0.05) is 116 Å². The van der Waals surface area contributed by atoms with Crippen LogP contribution in [0.1, 0.15) is 66.5 Å². The van der Waals surface area contributed by atoms with Gasteiger partial charge in [0.2, 0.25) is 0 Å². The van der Waals surface area contributed by atoms with E-state index in [-0.39, 0.29) is 51.0 Å². The second-order valence-corrected chi connectivity index (χ2v) is 18.8. The molecule has 4 aliphatic rings. The number of thioether (sulfide) groups is 4. The van der Waals surface area contributed by atoms with Crippen molar-refractivity contribution < 1.29 is 51.0 Å². The Morgan fingerprint density at radius 3 is 1.00 bits per heavy atom. The van der Waals surface area contributed by atoms with Gasteiger partial charge in [-0.2, -0.15) is 0 Å². The molecule has 0 heterocycles. The van der Waals surface area contributed by atoms with Gasteiger partial charge in [0.1, 0.15) is 0 Å². The Morgan fingerprint density at radius 2 is 0.702 bits per heavy atom. The first-order valence-corrected chi connectivity index (χ1v) is 19.2. The van der Waals surface area contributed by atoms with E-state index in [1.165, 1.54) is 64.2 Å². The van der Waals surface area contributed by atoms with Crippen LogP contribution in [0.5, 0.6) is 0 Å². The van der Waals surface area contributed by atoms with Crippen molar-refractivity contribution in [3.8, 4) is 0 Å². The summed E-state index contributed by atoms with van der Waals surface area (Å²) in [5.74, 6) is 0. The van der Waals surface area contributed by atoms with Gasteiger partial charge in [-0.05, 0) is 81.0 Å². The Bertz CT molecular complexity index is 1510. The van der Waals surface area contributed by atoms with Crippen molar-refractivity contribution in [1.29, 1.82) is 0 Å². The fraction of sp³-hybridized carbons (Fsp3) is 0.300. The van der Waals surface area contributed by atoms with E-state index < -0.39 is 0 Å². The van der Waals surface area contributed by atoms with Crippen molar-refractivity contribution in [3.63, 3.8) is 0 Å². The molecule has 0 unspecified atom stereocenters. The summed E-state index contributed by atoms with van der Waals surface area (Å²) in [7, 11) is 0. The van der Waals surface area contributed by atoms with Gasteiger partial charge in [0.25, 0.3) is 0 Å². The second kappa shape index (κ2) is 19.6. The average molecular weight is 815 g/mol.